The fourth-order valence-electron chi connectivity index (χ4n) is 2.46. The van der Waals surface area contributed by atoms with Crippen molar-refractivity contribution in [1.29, 1.82) is 0 Å². The Labute approximate surface area is 149 Å². The van der Waals surface area contributed by atoms with Gasteiger partial charge in [0.05, 0.1) is 7.11 Å². The van der Waals surface area contributed by atoms with E-state index in [0.717, 1.165) is 21.5 Å². The van der Waals surface area contributed by atoms with Crippen molar-refractivity contribution in [2.24, 2.45) is 0 Å². The molecule has 0 aliphatic carbocycles. The molecule has 0 aliphatic heterocycles. The van der Waals surface area contributed by atoms with E-state index in [1.165, 1.54) is 13.0 Å². The van der Waals surface area contributed by atoms with E-state index < -0.39 is 0 Å². The zero-order chi connectivity index (χ0) is 17.8. The molecule has 0 fully saturated rings. The summed E-state index contributed by atoms with van der Waals surface area (Å²) in [7, 11) is 1.57. The van der Waals surface area contributed by atoms with Crippen LogP contribution >= 0.6 is 11.8 Å². The first-order chi connectivity index (χ1) is 12.0. The van der Waals surface area contributed by atoms with Crippen molar-refractivity contribution in [1.82, 2.24) is 0 Å². The molecule has 0 radical (unpaired) electrons. The standard InChI is InChI=1S/C19H17NO4S/c1-12(21)20-14-3-6-16(7-4-14)25-11-13-9-19(22)24-18-10-15(23-2)5-8-17(13)18/h3-10H,11H2,1-2H3,(H,20,21). The molecule has 1 amide bonds. The van der Waals surface area contributed by atoms with E-state index in [9.17, 15) is 9.59 Å². The number of carbonyl (C=O) groups is 1. The van der Waals surface area contributed by atoms with Gasteiger partial charge in [-0.15, -0.1) is 11.8 Å². The number of amides is 1. The fraction of sp³-hybridized carbons (Fsp3) is 0.158. The fourth-order valence-corrected chi connectivity index (χ4v) is 3.35. The van der Waals surface area contributed by atoms with Gasteiger partial charge in [-0.3, -0.25) is 4.79 Å². The summed E-state index contributed by atoms with van der Waals surface area (Å²) in [6, 6.07) is 14.6. The van der Waals surface area contributed by atoms with Crippen molar-refractivity contribution in [2.75, 3.05) is 12.4 Å². The monoisotopic (exact) mass is 355 g/mol. The van der Waals surface area contributed by atoms with Gasteiger partial charge in [0.1, 0.15) is 11.3 Å². The van der Waals surface area contributed by atoms with Crippen molar-refractivity contribution in [3.8, 4) is 5.75 Å². The second-order valence-electron chi connectivity index (χ2n) is 5.45. The minimum Gasteiger partial charge on any atom is -0.497 e. The van der Waals surface area contributed by atoms with Crippen molar-refractivity contribution in [3.05, 3.63) is 64.5 Å². The van der Waals surface area contributed by atoms with Gasteiger partial charge < -0.3 is 14.5 Å². The molecule has 1 aromatic heterocycles. The average molecular weight is 355 g/mol. The minimum absolute atomic E-state index is 0.0988. The van der Waals surface area contributed by atoms with Crippen LogP contribution in [-0.4, -0.2) is 13.0 Å². The van der Waals surface area contributed by atoms with Crippen LogP contribution in [-0.2, 0) is 10.5 Å². The largest absolute Gasteiger partial charge is 0.497 e. The lowest BCUT2D eigenvalue weighted by atomic mass is 10.1. The molecule has 128 valence electrons. The number of methoxy groups -OCH3 is 1. The number of hydrogen-bond donors (Lipinski definition) is 1. The van der Waals surface area contributed by atoms with E-state index in [1.807, 2.05) is 36.4 Å². The Morgan fingerprint density at radius 2 is 1.92 bits per heavy atom. The van der Waals surface area contributed by atoms with E-state index in [-0.39, 0.29) is 11.5 Å². The third kappa shape index (κ3) is 4.22. The van der Waals surface area contributed by atoms with Gasteiger partial charge in [-0.25, -0.2) is 4.79 Å². The Morgan fingerprint density at radius 1 is 1.16 bits per heavy atom. The van der Waals surface area contributed by atoms with Crippen LogP contribution in [0.5, 0.6) is 5.75 Å². The van der Waals surface area contributed by atoms with E-state index in [1.54, 1.807) is 24.9 Å². The first-order valence-corrected chi connectivity index (χ1v) is 8.65. The number of fused-ring (bicyclic) bond motifs is 1. The highest BCUT2D eigenvalue weighted by molar-refractivity contribution is 7.98. The highest BCUT2D eigenvalue weighted by Crippen LogP contribution is 2.29. The number of anilines is 1. The number of nitrogens with one attached hydrogen (secondary N) is 1. The Balaban J connectivity index is 1.81. The molecular weight excluding hydrogens is 338 g/mol. The van der Waals surface area contributed by atoms with Gasteiger partial charge in [0.2, 0.25) is 5.91 Å². The maximum atomic E-state index is 11.8. The second kappa shape index (κ2) is 7.44. The van der Waals surface area contributed by atoms with E-state index in [0.29, 0.717) is 17.1 Å². The van der Waals surface area contributed by atoms with Crippen LogP contribution in [0.2, 0.25) is 0 Å². The Bertz CT molecular complexity index is 963. The van der Waals surface area contributed by atoms with Crippen LogP contribution in [0.15, 0.2) is 62.6 Å². The minimum atomic E-state index is -0.377. The van der Waals surface area contributed by atoms with Gasteiger partial charge in [-0.05, 0) is 42.0 Å². The van der Waals surface area contributed by atoms with Crippen molar-refractivity contribution in [3.63, 3.8) is 0 Å². The van der Waals surface area contributed by atoms with Crippen molar-refractivity contribution < 1.29 is 13.9 Å². The molecule has 25 heavy (non-hydrogen) atoms. The van der Waals surface area contributed by atoms with Crippen LogP contribution in [0, 0.1) is 0 Å². The average Bonchev–Trinajstić information content (AvgIpc) is 2.59. The molecule has 0 aliphatic rings. The third-order valence-corrected chi connectivity index (χ3v) is 4.67. The lowest BCUT2D eigenvalue weighted by Gasteiger charge is -2.08. The lowest BCUT2D eigenvalue weighted by Crippen LogP contribution is -2.05. The highest BCUT2D eigenvalue weighted by atomic mass is 32.2. The van der Waals surface area contributed by atoms with Crippen LogP contribution in [0.3, 0.4) is 0 Å². The smallest absolute Gasteiger partial charge is 0.336 e. The van der Waals surface area contributed by atoms with Gasteiger partial charge in [0.15, 0.2) is 0 Å². The summed E-state index contributed by atoms with van der Waals surface area (Å²) in [6.07, 6.45) is 0. The maximum Gasteiger partial charge on any atom is 0.336 e. The van der Waals surface area contributed by atoms with Crippen molar-refractivity contribution >= 4 is 34.3 Å². The molecule has 2 aromatic carbocycles. The van der Waals surface area contributed by atoms with Crippen LogP contribution in [0.4, 0.5) is 5.69 Å². The second-order valence-corrected chi connectivity index (χ2v) is 6.50. The predicted molar refractivity (Wildman–Crippen MR) is 99.3 cm³/mol. The molecule has 0 spiro atoms. The quantitative estimate of drug-likeness (QED) is 0.552. The number of hydrogen-bond acceptors (Lipinski definition) is 5. The van der Waals surface area contributed by atoms with Gasteiger partial charge in [0, 0.05) is 40.8 Å². The molecule has 1 heterocycles. The molecule has 3 aromatic rings. The molecule has 5 nitrogen and oxygen atoms in total. The number of thioether (sulfide) groups is 1. The summed E-state index contributed by atoms with van der Waals surface area (Å²) in [4.78, 5) is 23.9. The molecule has 3 rings (SSSR count). The number of benzene rings is 2. The summed E-state index contributed by atoms with van der Waals surface area (Å²) in [6.45, 7) is 1.48. The van der Waals surface area contributed by atoms with E-state index >= 15 is 0 Å². The number of ether oxygens (including phenoxy) is 1. The molecule has 1 N–H and O–H groups in total. The van der Waals surface area contributed by atoms with Gasteiger partial charge in [-0.2, -0.15) is 0 Å². The molecule has 0 saturated heterocycles. The molecule has 6 heteroatoms. The molecule has 0 unspecified atom stereocenters. The van der Waals surface area contributed by atoms with E-state index in [2.05, 4.69) is 5.32 Å². The summed E-state index contributed by atoms with van der Waals surface area (Å²) >= 11 is 1.61. The maximum absolute atomic E-state index is 11.8. The molecule has 0 saturated carbocycles. The Kier molecular flexibility index (Phi) is 5.09. The lowest BCUT2D eigenvalue weighted by molar-refractivity contribution is -0.114. The summed E-state index contributed by atoms with van der Waals surface area (Å²) < 4.78 is 10.4. The molecular formula is C19H17NO4S. The normalized spacial score (nSPS) is 10.6. The summed E-state index contributed by atoms with van der Waals surface area (Å²) in [5.74, 6) is 1.18. The predicted octanol–water partition coefficient (Wildman–Crippen LogP) is 4.05. The number of carbonyl (C=O) groups excluding carboxylic acids is 1. The summed E-state index contributed by atoms with van der Waals surface area (Å²) in [5.41, 5.74) is 1.81. The van der Waals surface area contributed by atoms with Crippen LogP contribution in [0.1, 0.15) is 12.5 Å². The summed E-state index contributed by atoms with van der Waals surface area (Å²) in [5, 5.41) is 3.63. The van der Waals surface area contributed by atoms with E-state index in [4.69, 9.17) is 9.15 Å². The van der Waals surface area contributed by atoms with Crippen LogP contribution < -0.4 is 15.7 Å². The first-order valence-electron chi connectivity index (χ1n) is 7.66. The molecule has 0 bridgehead atoms. The highest BCUT2D eigenvalue weighted by Gasteiger charge is 2.08. The first kappa shape index (κ1) is 17.1. The molecule has 0 atom stereocenters. The topological polar surface area (TPSA) is 68.5 Å². The SMILES string of the molecule is COc1ccc2c(CSc3ccc(NC(C)=O)cc3)cc(=O)oc2c1. The van der Waals surface area contributed by atoms with Crippen LogP contribution in [0.25, 0.3) is 11.0 Å². The zero-order valence-electron chi connectivity index (χ0n) is 13.9. The number of rotatable bonds is 5. The Hall–Kier alpha value is -2.73. The van der Waals surface area contributed by atoms with Gasteiger partial charge in [0.25, 0.3) is 0 Å². The van der Waals surface area contributed by atoms with Gasteiger partial charge >= 0.3 is 5.63 Å². The van der Waals surface area contributed by atoms with Crippen molar-refractivity contribution in [2.45, 2.75) is 17.6 Å². The third-order valence-electron chi connectivity index (χ3n) is 3.61. The Morgan fingerprint density at radius 3 is 2.60 bits per heavy atom. The zero-order valence-corrected chi connectivity index (χ0v) is 14.7. The van der Waals surface area contributed by atoms with Gasteiger partial charge in [-0.1, -0.05) is 0 Å².